The van der Waals surface area contributed by atoms with E-state index in [1.165, 1.54) is 0 Å². The van der Waals surface area contributed by atoms with E-state index in [0.29, 0.717) is 36.7 Å². The summed E-state index contributed by atoms with van der Waals surface area (Å²) in [5.41, 5.74) is 0. The van der Waals surface area contributed by atoms with Gasteiger partial charge in [0.2, 0.25) is 0 Å². The van der Waals surface area contributed by atoms with Gasteiger partial charge in [0.15, 0.2) is 0 Å². The molecule has 22 heavy (non-hydrogen) atoms. The number of carbonyl (C=O) groups excluding carboxylic acids is 1. The molecule has 2 unspecified atom stereocenters. The SMILES string of the molecule is CCCCCC(=O)CC(CCCS(=O)(=O)O)C1CSCCS1. The van der Waals surface area contributed by atoms with Crippen molar-refractivity contribution in [1.82, 2.24) is 0 Å². The molecule has 130 valence electrons. The third kappa shape index (κ3) is 9.43. The molecular weight excluding hydrogens is 340 g/mol. The van der Waals surface area contributed by atoms with Crippen molar-refractivity contribution in [3.05, 3.63) is 0 Å². The summed E-state index contributed by atoms with van der Waals surface area (Å²) in [6, 6.07) is 0. The minimum Gasteiger partial charge on any atom is -0.300 e. The lowest BCUT2D eigenvalue weighted by atomic mass is 9.92. The summed E-state index contributed by atoms with van der Waals surface area (Å²) in [7, 11) is -3.89. The van der Waals surface area contributed by atoms with Gasteiger partial charge in [-0.2, -0.15) is 31.9 Å². The summed E-state index contributed by atoms with van der Waals surface area (Å²) in [5, 5.41) is 0.440. The van der Waals surface area contributed by atoms with Crippen LogP contribution in [-0.4, -0.2) is 47.0 Å². The maximum absolute atomic E-state index is 12.1. The van der Waals surface area contributed by atoms with E-state index in [9.17, 15) is 13.2 Å². The van der Waals surface area contributed by atoms with Crippen LogP contribution in [-0.2, 0) is 14.9 Å². The number of hydrogen-bond donors (Lipinski definition) is 1. The molecule has 1 heterocycles. The summed E-state index contributed by atoms with van der Waals surface area (Å²) in [5.74, 6) is 3.66. The van der Waals surface area contributed by atoms with Gasteiger partial charge >= 0.3 is 0 Å². The van der Waals surface area contributed by atoms with E-state index in [1.54, 1.807) is 0 Å². The molecule has 1 rings (SSSR count). The molecule has 0 aromatic carbocycles. The Balaban J connectivity index is 2.47. The van der Waals surface area contributed by atoms with Crippen molar-refractivity contribution in [3.63, 3.8) is 0 Å². The topological polar surface area (TPSA) is 71.4 Å². The third-order valence-electron chi connectivity index (χ3n) is 3.89. The zero-order valence-corrected chi connectivity index (χ0v) is 15.8. The summed E-state index contributed by atoms with van der Waals surface area (Å²) >= 11 is 3.83. The van der Waals surface area contributed by atoms with E-state index >= 15 is 0 Å². The highest BCUT2D eigenvalue weighted by Gasteiger charge is 2.26. The van der Waals surface area contributed by atoms with Crippen molar-refractivity contribution in [2.24, 2.45) is 5.92 Å². The van der Waals surface area contributed by atoms with E-state index in [2.05, 4.69) is 6.92 Å². The number of unbranched alkanes of at least 4 members (excludes halogenated alkanes) is 2. The standard InChI is InChI=1S/C15H28O4S3/c1-2-3-4-7-14(16)11-13(6-5-10-22(17,18)19)15-12-20-8-9-21-15/h13,15H,2-12H2,1H3,(H,17,18,19). The smallest absolute Gasteiger partial charge is 0.264 e. The first-order valence-electron chi connectivity index (χ1n) is 8.08. The Hall–Kier alpha value is 0.280. The van der Waals surface area contributed by atoms with Gasteiger partial charge in [-0.05, 0) is 25.2 Å². The molecule has 2 atom stereocenters. The van der Waals surface area contributed by atoms with Gasteiger partial charge in [0.05, 0.1) is 5.75 Å². The molecule has 7 heteroatoms. The van der Waals surface area contributed by atoms with Crippen molar-refractivity contribution in [1.29, 1.82) is 0 Å². The number of rotatable bonds is 11. The van der Waals surface area contributed by atoms with Crippen LogP contribution in [0.1, 0.15) is 51.9 Å². The maximum atomic E-state index is 12.1. The Morgan fingerprint density at radius 2 is 2.05 bits per heavy atom. The average molecular weight is 369 g/mol. The van der Waals surface area contributed by atoms with Crippen LogP contribution in [0.2, 0.25) is 0 Å². The van der Waals surface area contributed by atoms with Crippen LogP contribution < -0.4 is 0 Å². The average Bonchev–Trinajstić information content (AvgIpc) is 2.46. The van der Waals surface area contributed by atoms with Gasteiger partial charge in [-0.25, -0.2) is 0 Å². The van der Waals surface area contributed by atoms with Gasteiger partial charge in [0.25, 0.3) is 10.1 Å². The first-order valence-corrected chi connectivity index (χ1v) is 11.9. The largest absolute Gasteiger partial charge is 0.300 e. The van der Waals surface area contributed by atoms with Crippen LogP contribution in [0, 0.1) is 5.92 Å². The molecule has 1 saturated heterocycles. The lowest BCUT2D eigenvalue weighted by Crippen LogP contribution is -2.27. The predicted molar refractivity (Wildman–Crippen MR) is 96.5 cm³/mol. The van der Waals surface area contributed by atoms with Gasteiger partial charge in [-0.3, -0.25) is 9.35 Å². The Kier molecular flexibility index (Phi) is 10.1. The second-order valence-electron chi connectivity index (χ2n) is 5.87. The quantitative estimate of drug-likeness (QED) is 0.443. The molecule has 0 aromatic heterocycles. The minimum atomic E-state index is -3.89. The molecule has 1 aliphatic rings. The molecule has 1 aliphatic heterocycles. The van der Waals surface area contributed by atoms with Crippen molar-refractivity contribution in [3.8, 4) is 0 Å². The number of thioether (sulfide) groups is 2. The second-order valence-corrected chi connectivity index (χ2v) is 9.94. The first-order chi connectivity index (χ1) is 10.4. The Labute approximate surface area is 143 Å². The van der Waals surface area contributed by atoms with Crippen LogP contribution in [0.4, 0.5) is 0 Å². The van der Waals surface area contributed by atoms with Crippen LogP contribution in [0.25, 0.3) is 0 Å². The van der Waals surface area contributed by atoms with Crippen molar-refractivity contribution < 1.29 is 17.8 Å². The molecule has 0 radical (unpaired) electrons. The fourth-order valence-electron chi connectivity index (χ4n) is 2.69. The molecule has 0 aromatic rings. The Morgan fingerprint density at radius 3 is 2.64 bits per heavy atom. The fourth-order valence-corrected chi connectivity index (χ4v) is 6.23. The highest BCUT2D eigenvalue weighted by atomic mass is 32.2. The lowest BCUT2D eigenvalue weighted by molar-refractivity contribution is -0.120. The van der Waals surface area contributed by atoms with Gasteiger partial charge in [0, 0.05) is 35.4 Å². The van der Waals surface area contributed by atoms with Crippen LogP contribution in [0.15, 0.2) is 0 Å². The fraction of sp³-hybridized carbons (Fsp3) is 0.933. The summed E-state index contributed by atoms with van der Waals surface area (Å²) < 4.78 is 30.6. The van der Waals surface area contributed by atoms with Gasteiger partial charge in [-0.15, -0.1) is 0 Å². The maximum Gasteiger partial charge on any atom is 0.264 e. The lowest BCUT2D eigenvalue weighted by Gasteiger charge is -2.29. The Morgan fingerprint density at radius 1 is 1.27 bits per heavy atom. The highest BCUT2D eigenvalue weighted by Crippen LogP contribution is 2.34. The van der Waals surface area contributed by atoms with Crippen LogP contribution >= 0.6 is 23.5 Å². The number of Topliss-reactive ketones (excluding diaryl/α,β-unsaturated/α-hetero) is 1. The molecule has 0 bridgehead atoms. The summed E-state index contributed by atoms with van der Waals surface area (Å²) in [6.07, 6.45) is 5.51. The van der Waals surface area contributed by atoms with E-state index in [1.807, 2.05) is 23.5 Å². The van der Waals surface area contributed by atoms with Gasteiger partial charge in [0.1, 0.15) is 5.78 Å². The first kappa shape index (κ1) is 20.3. The molecule has 1 N–H and O–H groups in total. The van der Waals surface area contributed by atoms with E-state index in [-0.39, 0.29) is 11.7 Å². The van der Waals surface area contributed by atoms with E-state index in [0.717, 1.165) is 36.5 Å². The summed E-state index contributed by atoms with van der Waals surface area (Å²) in [6.45, 7) is 2.12. The van der Waals surface area contributed by atoms with Crippen molar-refractivity contribution in [2.75, 3.05) is 23.0 Å². The van der Waals surface area contributed by atoms with Crippen LogP contribution in [0.5, 0.6) is 0 Å². The normalized spacial score (nSPS) is 20.7. The molecule has 0 saturated carbocycles. The van der Waals surface area contributed by atoms with Crippen molar-refractivity contribution >= 4 is 39.4 Å². The number of ketones is 1. The number of carbonyl (C=O) groups is 1. The molecule has 1 fully saturated rings. The Bertz CT molecular complexity index is 417. The van der Waals surface area contributed by atoms with Gasteiger partial charge in [-0.1, -0.05) is 19.8 Å². The highest BCUT2D eigenvalue weighted by molar-refractivity contribution is 8.06. The summed E-state index contributed by atoms with van der Waals surface area (Å²) in [4.78, 5) is 12.1. The molecule has 0 spiro atoms. The molecule has 0 amide bonds. The second kappa shape index (κ2) is 10.9. The molecular formula is C15H28O4S3. The monoisotopic (exact) mass is 368 g/mol. The predicted octanol–water partition coefficient (Wildman–Crippen LogP) is 3.66. The number of hydrogen-bond acceptors (Lipinski definition) is 5. The van der Waals surface area contributed by atoms with E-state index < -0.39 is 10.1 Å². The molecule has 0 aliphatic carbocycles. The zero-order chi connectivity index (χ0) is 16.4. The zero-order valence-electron chi connectivity index (χ0n) is 13.3. The van der Waals surface area contributed by atoms with Crippen LogP contribution in [0.3, 0.4) is 0 Å². The molecule has 4 nitrogen and oxygen atoms in total. The minimum absolute atomic E-state index is 0.196. The van der Waals surface area contributed by atoms with Crippen molar-refractivity contribution in [2.45, 2.75) is 57.1 Å². The third-order valence-corrected chi connectivity index (χ3v) is 7.67. The van der Waals surface area contributed by atoms with Gasteiger partial charge < -0.3 is 0 Å². The van der Waals surface area contributed by atoms with E-state index in [4.69, 9.17) is 4.55 Å².